The molecule has 2 rings (SSSR count). The van der Waals surface area contributed by atoms with Gasteiger partial charge in [-0.25, -0.2) is 4.79 Å². The Hall–Kier alpha value is -1.68. The van der Waals surface area contributed by atoms with Crippen molar-refractivity contribution in [2.45, 2.75) is 31.8 Å². The topological polar surface area (TPSA) is 52.6 Å². The van der Waals surface area contributed by atoms with Gasteiger partial charge in [0.2, 0.25) is 0 Å². The van der Waals surface area contributed by atoms with E-state index in [9.17, 15) is 9.59 Å². The fraction of sp³-hybridized carbons (Fsp3) is 0.467. The molecule has 4 heteroatoms. The molecule has 1 heterocycles. The van der Waals surface area contributed by atoms with Crippen LogP contribution in [-0.4, -0.2) is 30.6 Å². The van der Waals surface area contributed by atoms with E-state index in [-0.39, 0.29) is 25.0 Å². The Morgan fingerprint density at radius 2 is 2.11 bits per heavy atom. The number of carbonyl (C=O) groups excluding carboxylic acids is 2. The fourth-order valence-corrected chi connectivity index (χ4v) is 2.05. The summed E-state index contributed by atoms with van der Waals surface area (Å²) < 4.78 is 10.8. The van der Waals surface area contributed by atoms with Crippen molar-refractivity contribution in [1.82, 2.24) is 0 Å². The number of ketones is 1. The van der Waals surface area contributed by atoms with Gasteiger partial charge >= 0.3 is 5.97 Å². The summed E-state index contributed by atoms with van der Waals surface area (Å²) in [6.07, 6.45) is 2.04. The van der Waals surface area contributed by atoms with E-state index in [1.807, 2.05) is 13.0 Å². The van der Waals surface area contributed by atoms with E-state index >= 15 is 0 Å². The van der Waals surface area contributed by atoms with E-state index < -0.39 is 5.60 Å². The van der Waals surface area contributed by atoms with Crippen molar-refractivity contribution in [3.8, 4) is 0 Å². The SMILES string of the molecule is C[C@]1(COC(=O)c2ccccc2)CCCC(=O)CO1. The Morgan fingerprint density at radius 1 is 1.37 bits per heavy atom. The van der Waals surface area contributed by atoms with Gasteiger partial charge in [-0.1, -0.05) is 18.2 Å². The van der Waals surface area contributed by atoms with Crippen LogP contribution in [0.1, 0.15) is 36.5 Å². The third-order valence-corrected chi connectivity index (χ3v) is 3.26. The molecule has 1 aromatic carbocycles. The molecule has 102 valence electrons. The van der Waals surface area contributed by atoms with Gasteiger partial charge in [-0.05, 0) is 31.9 Å². The Bertz CT molecular complexity index is 454. The zero-order chi connectivity index (χ0) is 13.7. The molecule has 0 radical (unpaired) electrons. The molecule has 1 saturated heterocycles. The lowest BCUT2D eigenvalue weighted by Crippen LogP contribution is -2.35. The van der Waals surface area contributed by atoms with Crippen LogP contribution >= 0.6 is 0 Å². The van der Waals surface area contributed by atoms with E-state index in [1.54, 1.807) is 24.3 Å². The largest absolute Gasteiger partial charge is 0.459 e. The smallest absolute Gasteiger partial charge is 0.338 e. The van der Waals surface area contributed by atoms with Crippen molar-refractivity contribution >= 4 is 11.8 Å². The molecule has 0 bridgehead atoms. The second kappa shape index (κ2) is 5.97. The minimum atomic E-state index is -0.559. The Balaban J connectivity index is 1.90. The van der Waals surface area contributed by atoms with Gasteiger partial charge in [0.25, 0.3) is 0 Å². The molecule has 1 atom stereocenters. The lowest BCUT2D eigenvalue weighted by molar-refractivity contribution is -0.129. The van der Waals surface area contributed by atoms with Crippen molar-refractivity contribution in [1.29, 1.82) is 0 Å². The number of carbonyl (C=O) groups is 2. The van der Waals surface area contributed by atoms with Crippen molar-refractivity contribution in [3.05, 3.63) is 35.9 Å². The zero-order valence-corrected chi connectivity index (χ0v) is 11.1. The molecule has 0 amide bonds. The number of rotatable bonds is 3. The van der Waals surface area contributed by atoms with Crippen LogP contribution in [0.5, 0.6) is 0 Å². The number of hydrogen-bond donors (Lipinski definition) is 0. The first kappa shape index (κ1) is 13.7. The predicted octanol–water partition coefficient (Wildman–Crippen LogP) is 2.37. The molecule has 0 aliphatic carbocycles. The fourth-order valence-electron chi connectivity index (χ4n) is 2.05. The summed E-state index contributed by atoms with van der Waals surface area (Å²) in [5.41, 5.74) is -0.0350. The molecule has 1 aromatic rings. The van der Waals surface area contributed by atoms with Crippen LogP contribution in [0, 0.1) is 0 Å². The highest BCUT2D eigenvalue weighted by molar-refractivity contribution is 5.89. The van der Waals surface area contributed by atoms with Gasteiger partial charge in [-0.15, -0.1) is 0 Å². The molecular formula is C15H18O4. The van der Waals surface area contributed by atoms with E-state index in [4.69, 9.17) is 9.47 Å². The predicted molar refractivity (Wildman–Crippen MR) is 69.9 cm³/mol. The maximum atomic E-state index is 11.8. The van der Waals surface area contributed by atoms with Crippen LogP contribution in [-0.2, 0) is 14.3 Å². The average Bonchev–Trinajstić information content (AvgIpc) is 2.60. The standard InChI is InChI=1S/C15H18O4/c1-15(9-5-8-13(16)10-19-15)11-18-14(17)12-6-3-2-4-7-12/h2-4,6-7H,5,8-11H2,1H3/t15-/m1/s1. The van der Waals surface area contributed by atoms with Gasteiger partial charge in [0, 0.05) is 6.42 Å². The lowest BCUT2D eigenvalue weighted by Gasteiger charge is -2.27. The van der Waals surface area contributed by atoms with Crippen LogP contribution in [0.4, 0.5) is 0 Å². The number of Topliss-reactive ketones (excluding diaryl/α,β-unsaturated/α-hetero) is 1. The second-order valence-electron chi connectivity index (χ2n) is 5.07. The maximum absolute atomic E-state index is 11.8. The van der Waals surface area contributed by atoms with Gasteiger partial charge in [0.15, 0.2) is 5.78 Å². The molecule has 19 heavy (non-hydrogen) atoms. The summed E-state index contributed by atoms with van der Waals surface area (Å²) in [7, 11) is 0. The van der Waals surface area contributed by atoms with Crippen LogP contribution in [0.2, 0.25) is 0 Å². The summed E-state index contributed by atoms with van der Waals surface area (Å²) >= 11 is 0. The molecule has 1 aliphatic rings. The second-order valence-corrected chi connectivity index (χ2v) is 5.07. The van der Waals surface area contributed by atoms with Crippen LogP contribution in [0.3, 0.4) is 0 Å². The van der Waals surface area contributed by atoms with Crippen molar-refractivity contribution in [2.75, 3.05) is 13.2 Å². The first-order valence-electron chi connectivity index (χ1n) is 6.47. The minimum Gasteiger partial charge on any atom is -0.459 e. The summed E-state index contributed by atoms with van der Waals surface area (Å²) in [4.78, 5) is 23.1. The first-order chi connectivity index (χ1) is 9.09. The van der Waals surface area contributed by atoms with Crippen LogP contribution in [0.15, 0.2) is 30.3 Å². The normalized spacial score (nSPS) is 23.7. The summed E-state index contributed by atoms with van der Waals surface area (Å²) in [6.45, 7) is 2.16. The Kier molecular flexibility index (Phi) is 4.32. The lowest BCUT2D eigenvalue weighted by atomic mass is 10.0. The molecule has 0 N–H and O–H groups in total. The van der Waals surface area contributed by atoms with Gasteiger partial charge in [-0.3, -0.25) is 4.79 Å². The molecule has 4 nitrogen and oxygen atoms in total. The van der Waals surface area contributed by atoms with Crippen molar-refractivity contribution in [2.24, 2.45) is 0 Å². The molecule has 0 unspecified atom stereocenters. The van der Waals surface area contributed by atoms with Crippen molar-refractivity contribution in [3.63, 3.8) is 0 Å². The summed E-state index contributed by atoms with van der Waals surface area (Å²) in [6, 6.07) is 8.85. The summed E-state index contributed by atoms with van der Waals surface area (Å²) in [5, 5.41) is 0. The molecule has 1 fully saturated rings. The first-order valence-corrected chi connectivity index (χ1v) is 6.47. The molecule has 1 aliphatic heterocycles. The van der Waals surface area contributed by atoms with Crippen LogP contribution in [0.25, 0.3) is 0 Å². The highest BCUT2D eigenvalue weighted by Gasteiger charge is 2.30. The highest BCUT2D eigenvalue weighted by atomic mass is 16.6. The maximum Gasteiger partial charge on any atom is 0.338 e. The minimum absolute atomic E-state index is 0.109. The Labute approximate surface area is 112 Å². The molecule has 0 spiro atoms. The number of esters is 1. The number of hydrogen-bond acceptors (Lipinski definition) is 4. The summed E-state index contributed by atoms with van der Waals surface area (Å²) in [5.74, 6) is -0.251. The van der Waals surface area contributed by atoms with Gasteiger partial charge in [0.05, 0.1) is 5.56 Å². The van der Waals surface area contributed by atoms with E-state index in [0.717, 1.165) is 12.8 Å². The number of ether oxygens (including phenoxy) is 2. The Morgan fingerprint density at radius 3 is 2.84 bits per heavy atom. The van der Waals surface area contributed by atoms with Gasteiger partial charge in [0.1, 0.15) is 18.8 Å². The molecule has 0 aromatic heterocycles. The van der Waals surface area contributed by atoms with E-state index in [1.165, 1.54) is 0 Å². The third kappa shape index (κ3) is 3.89. The number of benzene rings is 1. The van der Waals surface area contributed by atoms with Crippen LogP contribution < -0.4 is 0 Å². The average molecular weight is 262 g/mol. The van der Waals surface area contributed by atoms with Gasteiger partial charge < -0.3 is 9.47 Å². The van der Waals surface area contributed by atoms with E-state index in [0.29, 0.717) is 12.0 Å². The van der Waals surface area contributed by atoms with Gasteiger partial charge in [-0.2, -0.15) is 0 Å². The zero-order valence-electron chi connectivity index (χ0n) is 11.1. The third-order valence-electron chi connectivity index (χ3n) is 3.26. The van der Waals surface area contributed by atoms with Crippen molar-refractivity contribution < 1.29 is 19.1 Å². The van der Waals surface area contributed by atoms with E-state index in [2.05, 4.69) is 0 Å². The quantitative estimate of drug-likeness (QED) is 0.785. The molecular weight excluding hydrogens is 244 g/mol. The molecule has 0 saturated carbocycles. The highest BCUT2D eigenvalue weighted by Crippen LogP contribution is 2.23. The monoisotopic (exact) mass is 262 g/mol.